The maximum atomic E-state index is 12.1. The average Bonchev–Trinajstić information content (AvgIpc) is 2.88. The molecule has 3 nitrogen and oxygen atoms in total. The molecular weight excluding hydrogens is 288 g/mol. The first-order valence-electron chi connectivity index (χ1n) is 6.53. The Balaban J connectivity index is 1.74. The number of carbonyl (C=O) groups is 1. The third kappa shape index (κ3) is 3.09. The molecule has 1 heterocycles. The van der Waals surface area contributed by atoms with Gasteiger partial charge in [-0.2, -0.15) is 0 Å². The lowest BCUT2D eigenvalue weighted by Gasteiger charge is -2.04. The maximum Gasteiger partial charge on any atom is 0.235 e. The molecule has 2 aromatic carbocycles. The average molecular weight is 301 g/mol. The lowest BCUT2D eigenvalue weighted by molar-refractivity contribution is 0.0896. The molecule has 3 aromatic rings. The van der Waals surface area contributed by atoms with Crippen molar-refractivity contribution in [3.05, 3.63) is 64.9 Å². The van der Waals surface area contributed by atoms with Gasteiger partial charge in [0.05, 0.1) is 0 Å². The van der Waals surface area contributed by atoms with E-state index in [0.29, 0.717) is 22.1 Å². The van der Waals surface area contributed by atoms with Crippen molar-refractivity contribution in [2.75, 3.05) is 6.61 Å². The molecule has 3 rings (SSSR count). The highest BCUT2D eigenvalue weighted by atomic mass is 35.5. The predicted octanol–water partition coefficient (Wildman–Crippen LogP) is 4.66. The second-order valence-electron chi connectivity index (χ2n) is 4.82. The van der Waals surface area contributed by atoms with E-state index in [2.05, 4.69) is 0 Å². The number of furan rings is 1. The summed E-state index contributed by atoms with van der Waals surface area (Å²) in [5, 5.41) is 1.49. The summed E-state index contributed by atoms with van der Waals surface area (Å²) in [6.07, 6.45) is 0. The van der Waals surface area contributed by atoms with Gasteiger partial charge in [0.25, 0.3) is 0 Å². The van der Waals surface area contributed by atoms with Crippen molar-refractivity contribution in [2.45, 2.75) is 6.92 Å². The van der Waals surface area contributed by atoms with E-state index in [0.717, 1.165) is 10.9 Å². The number of benzene rings is 2. The van der Waals surface area contributed by atoms with E-state index in [1.165, 1.54) is 0 Å². The number of ketones is 1. The number of rotatable bonds is 4. The Kier molecular flexibility index (Phi) is 3.67. The van der Waals surface area contributed by atoms with E-state index >= 15 is 0 Å². The van der Waals surface area contributed by atoms with Gasteiger partial charge >= 0.3 is 0 Å². The Hall–Kier alpha value is -2.26. The van der Waals surface area contributed by atoms with Crippen LogP contribution in [0.4, 0.5) is 0 Å². The number of carbonyl (C=O) groups excluding carboxylic acids is 1. The third-order valence-corrected chi connectivity index (χ3v) is 3.35. The van der Waals surface area contributed by atoms with Crippen molar-refractivity contribution in [3.63, 3.8) is 0 Å². The van der Waals surface area contributed by atoms with Crippen LogP contribution in [0.25, 0.3) is 11.0 Å². The smallest absolute Gasteiger partial charge is 0.235 e. The molecule has 0 spiro atoms. The summed E-state index contributed by atoms with van der Waals surface area (Å²) in [6, 6.07) is 14.5. The summed E-state index contributed by atoms with van der Waals surface area (Å²) < 4.78 is 11.0. The normalized spacial score (nSPS) is 10.8. The van der Waals surface area contributed by atoms with Gasteiger partial charge in [-0.25, -0.2) is 0 Å². The molecule has 0 saturated heterocycles. The molecule has 0 unspecified atom stereocenters. The highest BCUT2D eigenvalue weighted by molar-refractivity contribution is 6.30. The fraction of sp³-hybridized carbons (Fsp3) is 0.118. The van der Waals surface area contributed by atoms with Crippen molar-refractivity contribution in [3.8, 4) is 5.75 Å². The van der Waals surface area contributed by atoms with Gasteiger partial charge < -0.3 is 9.15 Å². The number of Topliss-reactive ketones (excluding diaryl/α,β-unsaturated/α-hetero) is 1. The summed E-state index contributed by atoms with van der Waals surface area (Å²) in [6.45, 7) is 1.91. The van der Waals surface area contributed by atoms with Crippen LogP contribution in [0.5, 0.6) is 5.75 Å². The van der Waals surface area contributed by atoms with Gasteiger partial charge in [-0.3, -0.25) is 4.79 Å². The molecule has 4 heteroatoms. The monoisotopic (exact) mass is 300 g/mol. The number of hydrogen-bond acceptors (Lipinski definition) is 3. The molecule has 0 aliphatic heterocycles. The maximum absolute atomic E-state index is 12.1. The zero-order valence-corrected chi connectivity index (χ0v) is 12.2. The molecule has 1 aromatic heterocycles. The van der Waals surface area contributed by atoms with Gasteiger partial charge in [0.2, 0.25) is 5.78 Å². The number of aryl methyl sites for hydroxylation is 1. The minimum absolute atomic E-state index is 0.0842. The van der Waals surface area contributed by atoms with E-state index in [9.17, 15) is 4.79 Å². The first-order valence-corrected chi connectivity index (χ1v) is 6.91. The number of halogens is 1. The van der Waals surface area contributed by atoms with Gasteiger partial charge in [0.15, 0.2) is 12.4 Å². The summed E-state index contributed by atoms with van der Waals surface area (Å²) in [5.74, 6) is 0.657. The number of hydrogen-bond donors (Lipinski definition) is 0. The van der Waals surface area contributed by atoms with Crippen LogP contribution >= 0.6 is 11.6 Å². The predicted molar refractivity (Wildman–Crippen MR) is 82.2 cm³/mol. The Morgan fingerprint density at radius 3 is 2.86 bits per heavy atom. The van der Waals surface area contributed by atoms with Crippen LogP contribution in [0.15, 0.2) is 52.9 Å². The van der Waals surface area contributed by atoms with Crippen LogP contribution in [0.1, 0.15) is 16.1 Å². The van der Waals surface area contributed by atoms with Crippen LogP contribution in [-0.2, 0) is 0 Å². The lowest BCUT2D eigenvalue weighted by Crippen LogP contribution is -2.10. The standard InChI is InChI=1S/C17H13ClO3/c1-11-5-6-16-12(7-11)8-17(21-16)15(19)10-20-14-4-2-3-13(18)9-14/h2-9H,10H2,1H3. The van der Waals surface area contributed by atoms with E-state index < -0.39 is 0 Å². The van der Waals surface area contributed by atoms with Crippen LogP contribution in [-0.4, -0.2) is 12.4 Å². The summed E-state index contributed by atoms with van der Waals surface area (Å²) >= 11 is 5.86. The minimum Gasteiger partial charge on any atom is -0.485 e. The molecule has 0 aliphatic carbocycles. The molecule has 0 bridgehead atoms. The molecule has 106 valence electrons. The summed E-state index contributed by atoms with van der Waals surface area (Å²) in [7, 11) is 0. The Morgan fingerprint density at radius 2 is 2.05 bits per heavy atom. The zero-order valence-electron chi connectivity index (χ0n) is 11.4. The minimum atomic E-state index is -0.205. The van der Waals surface area contributed by atoms with Crippen molar-refractivity contribution in [2.24, 2.45) is 0 Å². The fourth-order valence-electron chi connectivity index (χ4n) is 2.08. The molecular formula is C17H13ClO3. The Bertz CT molecular complexity index is 805. The molecule has 0 amide bonds. The van der Waals surface area contributed by atoms with E-state index in [-0.39, 0.29) is 12.4 Å². The molecule has 21 heavy (non-hydrogen) atoms. The topological polar surface area (TPSA) is 39.4 Å². The SMILES string of the molecule is Cc1ccc2oc(C(=O)COc3cccc(Cl)c3)cc2c1. The van der Waals surface area contributed by atoms with Crippen molar-refractivity contribution in [1.82, 2.24) is 0 Å². The van der Waals surface area contributed by atoms with Crippen LogP contribution in [0, 0.1) is 6.92 Å². The lowest BCUT2D eigenvalue weighted by atomic mass is 10.2. The van der Waals surface area contributed by atoms with Crippen molar-refractivity contribution in [1.29, 1.82) is 0 Å². The fourth-order valence-corrected chi connectivity index (χ4v) is 2.26. The highest BCUT2D eigenvalue weighted by Gasteiger charge is 2.13. The molecule has 0 fully saturated rings. The Morgan fingerprint density at radius 1 is 1.19 bits per heavy atom. The van der Waals surface area contributed by atoms with Crippen LogP contribution in [0.2, 0.25) is 5.02 Å². The van der Waals surface area contributed by atoms with Gasteiger partial charge in [-0.1, -0.05) is 29.3 Å². The first-order chi connectivity index (χ1) is 10.1. The van der Waals surface area contributed by atoms with Crippen molar-refractivity contribution < 1.29 is 13.9 Å². The van der Waals surface area contributed by atoms with Crippen LogP contribution < -0.4 is 4.74 Å². The molecule has 0 aliphatic rings. The number of ether oxygens (including phenoxy) is 1. The van der Waals surface area contributed by atoms with E-state index in [1.54, 1.807) is 30.3 Å². The van der Waals surface area contributed by atoms with E-state index in [1.807, 2.05) is 25.1 Å². The summed E-state index contributed by atoms with van der Waals surface area (Å²) in [4.78, 5) is 12.1. The second-order valence-corrected chi connectivity index (χ2v) is 5.26. The second kappa shape index (κ2) is 5.62. The van der Waals surface area contributed by atoms with Gasteiger partial charge in [-0.05, 0) is 43.3 Å². The molecule has 0 radical (unpaired) electrons. The van der Waals surface area contributed by atoms with Crippen LogP contribution in [0.3, 0.4) is 0 Å². The Labute approximate surface area is 127 Å². The van der Waals surface area contributed by atoms with Gasteiger partial charge in [0, 0.05) is 10.4 Å². The quantitative estimate of drug-likeness (QED) is 0.658. The molecule has 0 atom stereocenters. The van der Waals surface area contributed by atoms with Gasteiger partial charge in [0.1, 0.15) is 11.3 Å². The summed E-state index contributed by atoms with van der Waals surface area (Å²) in [5.41, 5.74) is 1.82. The number of fused-ring (bicyclic) bond motifs is 1. The van der Waals surface area contributed by atoms with E-state index in [4.69, 9.17) is 20.8 Å². The van der Waals surface area contributed by atoms with Crippen molar-refractivity contribution >= 4 is 28.4 Å². The first kappa shape index (κ1) is 13.7. The highest BCUT2D eigenvalue weighted by Crippen LogP contribution is 2.22. The largest absolute Gasteiger partial charge is 0.485 e. The third-order valence-electron chi connectivity index (χ3n) is 3.11. The molecule has 0 N–H and O–H groups in total. The van der Waals surface area contributed by atoms with Gasteiger partial charge in [-0.15, -0.1) is 0 Å². The zero-order chi connectivity index (χ0) is 14.8. The molecule has 0 saturated carbocycles.